The van der Waals surface area contributed by atoms with Gasteiger partial charge in [0.05, 0.1) is 29.3 Å². The molecule has 2 aromatic carbocycles. The van der Waals surface area contributed by atoms with E-state index in [4.69, 9.17) is 20.2 Å². The minimum absolute atomic E-state index is 0.0726. The molecule has 1 heterocycles. The molecule has 0 saturated heterocycles. The molecule has 8 heteroatoms. The third-order valence-electron chi connectivity index (χ3n) is 6.08. The van der Waals surface area contributed by atoms with Crippen molar-refractivity contribution in [2.24, 2.45) is 5.73 Å². The summed E-state index contributed by atoms with van der Waals surface area (Å²) < 4.78 is 51.8. The molecule has 5 nitrogen and oxygen atoms in total. The molecular weight excluding hydrogens is 467 g/mol. The molecule has 3 N–H and O–H groups in total. The first kappa shape index (κ1) is 27.6. The number of aromatic nitrogens is 1. The lowest BCUT2D eigenvalue weighted by Crippen LogP contribution is -2.18. The van der Waals surface area contributed by atoms with Gasteiger partial charge in [0.2, 0.25) is 0 Å². The normalized spacial score (nSPS) is 13.1. The molecule has 3 rings (SSSR count). The number of alkyl halides is 3. The highest BCUT2D eigenvalue weighted by Gasteiger charge is 2.31. The summed E-state index contributed by atoms with van der Waals surface area (Å²) in [5.41, 5.74) is 8.08. The predicted molar refractivity (Wildman–Crippen MR) is 139 cm³/mol. The number of anilines is 1. The fraction of sp³-hybridized carbons (Fsp3) is 0.464. The lowest BCUT2D eigenvalue weighted by atomic mass is 9.89. The lowest BCUT2D eigenvalue weighted by molar-refractivity contribution is -0.137. The van der Waals surface area contributed by atoms with E-state index in [1.807, 2.05) is 19.1 Å². The number of rotatable bonds is 9. The van der Waals surface area contributed by atoms with Crippen molar-refractivity contribution < 1.29 is 22.6 Å². The van der Waals surface area contributed by atoms with Crippen LogP contribution < -0.4 is 20.5 Å². The fourth-order valence-corrected chi connectivity index (χ4v) is 4.08. The zero-order valence-electron chi connectivity index (χ0n) is 21.8. The summed E-state index contributed by atoms with van der Waals surface area (Å²) in [7, 11) is 1.52. The Morgan fingerprint density at radius 3 is 2.42 bits per heavy atom. The molecule has 36 heavy (non-hydrogen) atoms. The number of fused-ring (bicyclic) bond motifs is 1. The molecule has 0 aliphatic carbocycles. The minimum Gasteiger partial charge on any atom is -0.493 e. The summed E-state index contributed by atoms with van der Waals surface area (Å²) in [6.07, 6.45) is -2.05. The molecule has 1 atom stereocenters. The van der Waals surface area contributed by atoms with Gasteiger partial charge in [-0.1, -0.05) is 33.8 Å². The molecule has 1 aromatic heterocycles. The number of hydrogen-bond donors (Lipinski definition) is 2. The molecule has 196 valence electrons. The summed E-state index contributed by atoms with van der Waals surface area (Å²) in [5, 5.41) is 4.26. The lowest BCUT2D eigenvalue weighted by Gasteiger charge is -2.24. The third kappa shape index (κ3) is 6.22. The van der Waals surface area contributed by atoms with Gasteiger partial charge in [-0.2, -0.15) is 13.2 Å². The van der Waals surface area contributed by atoms with Gasteiger partial charge in [0.15, 0.2) is 11.5 Å². The van der Waals surface area contributed by atoms with Crippen LogP contribution in [0, 0.1) is 0 Å². The number of methoxy groups -OCH3 is 1. The number of ether oxygens (including phenoxy) is 2. The first-order chi connectivity index (χ1) is 16.9. The summed E-state index contributed by atoms with van der Waals surface area (Å²) >= 11 is 0. The first-order valence-corrected chi connectivity index (χ1v) is 12.3. The maximum absolute atomic E-state index is 13.3. The van der Waals surface area contributed by atoms with Gasteiger partial charge in [0.25, 0.3) is 0 Å². The van der Waals surface area contributed by atoms with Gasteiger partial charge in [0.1, 0.15) is 5.75 Å². The Morgan fingerprint density at radius 2 is 1.83 bits per heavy atom. The zero-order valence-corrected chi connectivity index (χ0v) is 21.8. The van der Waals surface area contributed by atoms with E-state index in [1.165, 1.54) is 19.2 Å². The molecule has 0 fully saturated rings. The van der Waals surface area contributed by atoms with Crippen molar-refractivity contribution in [1.82, 2.24) is 4.98 Å². The second kappa shape index (κ2) is 10.9. The highest BCUT2D eigenvalue weighted by atomic mass is 19.4. The van der Waals surface area contributed by atoms with Gasteiger partial charge in [-0.25, -0.2) is 4.98 Å². The van der Waals surface area contributed by atoms with E-state index in [2.05, 4.69) is 33.0 Å². The average molecular weight is 504 g/mol. The number of nitrogens with one attached hydrogen (secondary N) is 1. The van der Waals surface area contributed by atoms with Crippen LogP contribution in [0.3, 0.4) is 0 Å². The van der Waals surface area contributed by atoms with Gasteiger partial charge < -0.3 is 20.5 Å². The van der Waals surface area contributed by atoms with E-state index < -0.39 is 11.7 Å². The Balaban J connectivity index is 2.27. The average Bonchev–Trinajstić information content (AvgIpc) is 2.82. The Morgan fingerprint density at radius 1 is 1.11 bits per heavy atom. The third-order valence-corrected chi connectivity index (χ3v) is 6.08. The molecule has 0 bridgehead atoms. The molecule has 0 aliphatic rings. The minimum atomic E-state index is -4.48. The molecular formula is C28H36F3N3O2. The van der Waals surface area contributed by atoms with Crippen molar-refractivity contribution in [3.8, 4) is 17.2 Å². The van der Waals surface area contributed by atoms with Crippen LogP contribution in [-0.4, -0.2) is 24.7 Å². The van der Waals surface area contributed by atoms with Crippen LogP contribution in [0.25, 0.3) is 10.9 Å². The van der Waals surface area contributed by atoms with Gasteiger partial charge in [-0.15, -0.1) is 0 Å². The second-order valence-electron chi connectivity index (χ2n) is 10.1. The summed E-state index contributed by atoms with van der Waals surface area (Å²) in [6, 6.07) is 8.83. The number of nitrogens with zero attached hydrogens (tertiary/aromatic N) is 1. The number of hydrogen-bond acceptors (Lipinski definition) is 5. The number of pyridine rings is 1. The SMILES string of the molecule is CCc1cc(C(C)(C)C)nc2c(NC(C)CCCN)cc(OC)c(Oc3cccc(C(F)(F)F)c3)c12. The van der Waals surface area contributed by atoms with Gasteiger partial charge in [0, 0.05) is 23.2 Å². The van der Waals surface area contributed by atoms with Gasteiger partial charge in [-0.3, -0.25) is 0 Å². The first-order valence-electron chi connectivity index (χ1n) is 12.3. The highest BCUT2D eigenvalue weighted by molar-refractivity contribution is 6.00. The maximum atomic E-state index is 13.3. The Hall–Kier alpha value is -3.00. The monoisotopic (exact) mass is 503 g/mol. The van der Waals surface area contributed by atoms with Gasteiger partial charge >= 0.3 is 6.18 Å². The fourth-order valence-electron chi connectivity index (χ4n) is 4.08. The number of nitrogens with two attached hydrogens (primary N) is 1. The Bertz CT molecular complexity index is 1200. The Kier molecular flexibility index (Phi) is 8.39. The molecule has 0 amide bonds. The summed E-state index contributed by atoms with van der Waals surface area (Å²) in [4.78, 5) is 5.02. The van der Waals surface area contributed by atoms with Crippen molar-refractivity contribution in [2.45, 2.75) is 71.5 Å². The van der Waals surface area contributed by atoms with E-state index >= 15 is 0 Å². The van der Waals surface area contributed by atoms with Crippen LogP contribution in [-0.2, 0) is 18.0 Å². The molecule has 1 unspecified atom stereocenters. The molecule has 0 aliphatic heterocycles. The highest BCUT2D eigenvalue weighted by Crippen LogP contribution is 2.45. The summed E-state index contributed by atoms with van der Waals surface area (Å²) in [6.45, 7) is 11.0. The van der Waals surface area contributed by atoms with Crippen LogP contribution in [0.15, 0.2) is 36.4 Å². The van der Waals surface area contributed by atoms with Crippen molar-refractivity contribution in [2.75, 3.05) is 19.0 Å². The zero-order chi connectivity index (χ0) is 26.7. The molecule has 0 saturated carbocycles. The molecule has 0 radical (unpaired) electrons. The van der Waals surface area contributed by atoms with Crippen LogP contribution in [0.2, 0.25) is 0 Å². The number of benzene rings is 2. The predicted octanol–water partition coefficient (Wildman–Crippen LogP) is 7.45. The molecule has 3 aromatic rings. The molecule has 0 spiro atoms. The van der Waals surface area contributed by atoms with Crippen LogP contribution >= 0.6 is 0 Å². The quantitative estimate of drug-likeness (QED) is 0.317. The van der Waals surface area contributed by atoms with Crippen molar-refractivity contribution in [3.63, 3.8) is 0 Å². The maximum Gasteiger partial charge on any atom is 0.416 e. The van der Waals surface area contributed by atoms with Crippen LogP contribution in [0.1, 0.15) is 64.3 Å². The largest absolute Gasteiger partial charge is 0.493 e. The van der Waals surface area contributed by atoms with Crippen molar-refractivity contribution >= 4 is 16.6 Å². The van der Waals surface area contributed by atoms with Crippen molar-refractivity contribution in [1.29, 1.82) is 0 Å². The Labute approximate surface area is 211 Å². The van der Waals surface area contributed by atoms with Crippen LogP contribution in [0.5, 0.6) is 17.2 Å². The van der Waals surface area contributed by atoms with E-state index in [0.29, 0.717) is 30.0 Å². The summed E-state index contributed by atoms with van der Waals surface area (Å²) in [5.74, 6) is 0.827. The van der Waals surface area contributed by atoms with E-state index in [9.17, 15) is 13.2 Å². The van der Waals surface area contributed by atoms with E-state index in [-0.39, 0.29) is 17.2 Å². The smallest absolute Gasteiger partial charge is 0.416 e. The van der Waals surface area contributed by atoms with E-state index in [1.54, 1.807) is 0 Å². The standard InChI is InChI=1S/C28H36F3N3O2/c1-7-18-14-23(27(3,4)5)34-25-21(33-17(2)10-9-13-32)16-22(35-6)26(24(18)25)36-20-12-8-11-19(15-20)28(29,30)31/h8,11-12,14-17,33H,7,9-10,13,32H2,1-6H3. The van der Waals surface area contributed by atoms with Crippen LogP contribution in [0.4, 0.5) is 18.9 Å². The number of halogens is 3. The van der Waals surface area contributed by atoms with Gasteiger partial charge in [-0.05, 0) is 62.6 Å². The van der Waals surface area contributed by atoms with E-state index in [0.717, 1.165) is 47.3 Å². The number of aryl methyl sites for hydroxylation is 1. The van der Waals surface area contributed by atoms with Crippen molar-refractivity contribution in [3.05, 3.63) is 53.2 Å². The second-order valence-corrected chi connectivity index (χ2v) is 10.1. The topological polar surface area (TPSA) is 69.4 Å².